The van der Waals surface area contributed by atoms with Gasteiger partial charge in [-0.2, -0.15) is 0 Å². The van der Waals surface area contributed by atoms with Gasteiger partial charge in [0, 0.05) is 44.0 Å². The molecule has 0 spiro atoms. The largest absolute Gasteiger partial charge is 0.299 e. The van der Waals surface area contributed by atoms with E-state index in [1.165, 1.54) is 38.5 Å². The first-order chi connectivity index (χ1) is 18.6. The molecule has 1 aromatic carbocycles. The number of benzene rings is 1. The number of aromatic nitrogens is 2. The molecule has 0 bridgehead atoms. The van der Waals surface area contributed by atoms with E-state index >= 15 is 0 Å². The fourth-order valence-electron chi connectivity index (χ4n) is 4.48. The molecule has 2 aromatic heterocycles. The van der Waals surface area contributed by atoms with Crippen molar-refractivity contribution >= 4 is 22.7 Å². The zero-order chi connectivity index (χ0) is 26.8. The fourth-order valence-corrected chi connectivity index (χ4v) is 4.82. The van der Waals surface area contributed by atoms with Crippen LogP contribution in [-0.4, -0.2) is 36.0 Å². The second-order valence-electron chi connectivity index (χ2n) is 9.69. The van der Waals surface area contributed by atoms with Crippen molar-refractivity contribution in [1.82, 2.24) is 14.9 Å². The van der Waals surface area contributed by atoms with Gasteiger partial charge in [-0.25, -0.2) is 4.21 Å². The molecule has 1 atom stereocenters. The molecule has 0 aliphatic heterocycles. The number of hydrogen-bond acceptors (Lipinski definition) is 5. The minimum atomic E-state index is -2.08. The second kappa shape index (κ2) is 17.5. The van der Waals surface area contributed by atoms with E-state index in [1.807, 2.05) is 48.8 Å². The molecule has 2 N–H and O–H groups in total. The predicted molar refractivity (Wildman–Crippen MR) is 154 cm³/mol. The summed E-state index contributed by atoms with van der Waals surface area (Å²) in [4.78, 5) is 23.7. The van der Waals surface area contributed by atoms with Gasteiger partial charge in [0.15, 0.2) is 0 Å². The lowest BCUT2D eigenvalue weighted by molar-refractivity contribution is -0.118. The Morgan fingerprint density at radius 1 is 0.763 bits per heavy atom. The van der Waals surface area contributed by atoms with E-state index < -0.39 is 11.3 Å². The number of ketones is 1. The van der Waals surface area contributed by atoms with Crippen molar-refractivity contribution in [1.29, 1.82) is 0 Å². The van der Waals surface area contributed by atoms with Gasteiger partial charge >= 0.3 is 0 Å². The number of hydrogen-bond donors (Lipinski definition) is 2. The Morgan fingerprint density at radius 2 is 1.32 bits per heavy atom. The molecule has 3 rings (SSSR count). The van der Waals surface area contributed by atoms with Gasteiger partial charge in [-0.15, -0.1) is 0 Å². The Kier molecular flexibility index (Phi) is 13.7. The molecular formula is C30H40N4O3S. The van der Waals surface area contributed by atoms with E-state index in [2.05, 4.69) is 31.7 Å². The molecule has 0 aliphatic rings. The third-order valence-corrected chi connectivity index (χ3v) is 6.87. The molecule has 0 fully saturated rings. The molecule has 38 heavy (non-hydrogen) atoms. The molecule has 0 aliphatic carbocycles. The van der Waals surface area contributed by atoms with E-state index in [1.54, 1.807) is 12.1 Å². The van der Waals surface area contributed by atoms with Crippen molar-refractivity contribution in [3.8, 4) is 0 Å². The first kappa shape index (κ1) is 29.6. The Hall–Kier alpha value is -2.94. The van der Waals surface area contributed by atoms with Crippen LogP contribution in [0.3, 0.4) is 0 Å². The number of pyridine rings is 2. The van der Waals surface area contributed by atoms with Gasteiger partial charge in [0.05, 0.1) is 11.4 Å². The summed E-state index contributed by atoms with van der Waals surface area (Å²) in [6, 6.07) is 19.2. The average molecular weight is 537 g/mol. The standard InChI is InChI=1S/C30H40N4O3S/c35-30(23-26-16-18-27(19-17-26)33-38(36)37)15-7-5-3-1-2-4-6-12-22-34(24-28-13-8-10-20-31-28)25-29-14-9-11-21-32-29/h8-11,13-14,16-21,33H,1-7,12,15,22-25H2,(H,36,37). The van der Waals surface area contributed by atoms with Crippen molar-refractivity contribution in [3.05, 3.63) is 90.0 Å². The third-order valence-electron chi connectivity index (χ3n) is 6.46. The zero-order valence-electron chi connectivity index (χ0n) is 22.1. The Balaban J connectivity index is 1.22. The summed E-state index contributed by atoms with van der Waals surface area (Å²) in [7, 11) is 0. The van der Waals surface area contributed by atoms with Crippen molar-refractivity contribution in [3.63, 3.8) is 0 Å². The summed E-state index contributed by atoms with van der Waals surface area (Å²) < 4.78 is 22.0. The highest BCUT2D eigenvalue weighted by Gasteiger charge is 2.09. The van der Waals surface area contributed by atoms with Crippen molar-refractivity contribution in [2.24, 2.45) is 0 Å². The molecule has 1 unspecified atom stereocenters. The second-order valence-corrected chi connectivity index (χ2v) is 10.4. The lowest BCUT2D eigenvalue weighted by Crippen LogP contribution is -2.25. The minimum Gasteiger partial charge on any atom is -0.299 e. The molecule has 3 aromatic rings. The summed E-state index contributed by atoms with van der Waals surface area (Å²) in [6.07, 6.45) is 14.1. The number of anilines is 1. The summed E-state index contributed by atoms with van der Waals surface area (Å²) >= 11 is -2.08. The van der Waals surface area contributed by atoms with Crippen molar-refractivity contribution < 1.29 is 13.6 Å². The highest BCUT2D eigenvalue weighted by atomic mass is 32.2. The Bertz CT molecular complexity index is 1040. The Morgan fingerprint density at radius 3 is 1.84 bits per heavy atom. The normalized spacial score (nSPS) is 11.9. The van der Waals surface area contributed by atoms with Gasteiger partial charge in [-0.05, 0) is 61.3 Å². The first-order valence-electron chi connectivity index (χ1n) is 13.6. The van der Waals surface area contributed by atoms with Crippen LogP contribution in [0.1, 0.15) is 74.7 Å². The molecule has 0 radical (unpaired) electrons. The number of nitrogens with zero attached hydrogens (tertiary/aromatic N) is 3. The molecule has 0 saturated carbocycles. The lowest BCUT2D eigenvalue weighted by Gasteiger charge is -2.21. The quantitative estimate of drug-likeness (QED) is 0.137. The number of Topliss-reactive ketones (excluding diaryl/α,β-unsaturated/α-hetero) is 1. The third kappa shape index (κ3) is 12.5. The maximum Gasteiger partial charge on any atom is 0.259 e. The summed E-state index contributed by atoms with van der Waals surface area (Å²) in [6.45, 7) is 2.71. The summed E-state index contributed by atoms with van der Waals surface area (Å²) in [5.41, 5.74) is 3.68. The van der Waals surface area contributed by atoms with Crippen LogP contribution in [0.25, 0.3) is 0 Å². The van der Waals surface area contributed by atoms with Crippen LogP contribution in [0.2, 0.25) is 0 Å². The molecule has 0 amide bonds. The van der Waals surface area contributed by atoms with Gasteiger partial charge in [0.2, 0.25) is 0 Å². The fraction of sp³-hybridized carbons (Fsp3) is 0.433. The van der Waals surface area contributed by atoms with Gasteiger partial charge < -0.3 is 0 Å². The zero-order valence-corrected chi connectivity index (χ0v) is 23.0. The first-order valence-corrected chi connectivity index (χ1v) is 14.7. The number of carbonyl (C=O) groups is 1. The highest BCUT2D eigenvalue weighted by molar-refractivity contribution is 7.80. The maximum atomic E-state index is 12.3. The maximum absolute atomic E-state index is 12.3. The summed E-state index contributed by atoms with van der Waals surface area (Å²) in [5, 5.41) is 0. The molecule has 204 valence electrons. The number of nitrogens with one attached hydrogen (secondary N) is 1. The highest BCUT2D eigenvalue weighted by Crippen LogP contribution is 2.14. The van der Waals surface area contributed by atoms with E-state index in [-0.39, 0.29) is 5.78 Å². The Labute approximate surface area is 229 Å². The molecule has 2 heterocycles. The smallest absolute Gasteiger partial charge is 0.259 e. The van der Waals surface area contributed by atoms with Crippen LogP contribution in [0.5, 0.6) is 0 Å². The van der Waals surface area contributed by atoms with Crippen LogP contribution in [-0.2, 0) is 35.6 Å². The number of unbranched alkanes of at least 4 members (excludes halogenated alkanes) is 7. The van der Waals surface area contributed by atoms with Gasteiger partial charge in [-0.3, -0.25) is 28.9 Å². The van der Waals surface area contributed by atoms with E-state index in [9.17, 15) is 9.00 Å². The van der Waals surface area contributed by atoms with Crippen LogP contribution < -0.4 is 4.72 Å². The van der Waals surface area contributed by atoms with Gasteiger partial charge in [0.1, 0.15) is 5.78 Å². The lowest BCUT2D eigenvalue weighted by atomic mass is 10.0. The van der Waals surface area contributed by atoms with Crippen LogP contribution in [0, 0.1) is 0 Å². The van der Waals surface area contributed by atoms with Crippen LogP contribution in [0.15, 0.2) is 73.1 Å². The number of carbonyl (C=O) groups excluding carboxylic acids is 1. The van der Waals surface area contributed by atoms with Crippen molar-refractivity contribution in [2.45, 2.75) is 77.3 Å². The van der Waals surface area contributed by atoms with E-state index in [4.69, 9.17) is 4.55 Å². The molecule has 7 nitrogen and oxygen atoms in total. The number of rotatable bonds is 19. The predicted octanol–water partition coefficient (Wildman–Crippen LogP) is 6.35. The topological polar surface area (TPSA) is 95.4 Å². The molecule has 0 saturated heterocycles. The SMILES string of the molecule is O=C(CCCCCCCCCCN(Cc1ccccn1)Cc1ccccn1)Cc1ccc(NS(=O)O)cc1. The van der Waals surface area contributed by atoms with Crippen LogP contribution in [0.4, 0.5) is 5.69 Å². The van der Waals surface area contributed by atoms with E-state index in [0.29, 0.717) is 18.5 Å². The van der Waals surface area contributed by atoms with E-state index in [0.717, 1.165) is 49.4 Å². The van der Waals surface area contributed by atoms with Gasteiger partial charge in [0.25, 0.3) is 11.3 Å². The van der Waals surface area contributed by atoms with Crippen LogP contribution >= 0.6 is 0 Å². The monoisotopic (exact) mass is 536 g/mol. The molecule has 8 heteroatoms. The van der Waals surface area contributed by atoms with Crippen molar-refractivity contribution in [2.75, 3.05) is 11.3 Å². The summed E-state index contributed by atoms with van der Waals surface area (Å²) in [5.74, 6) is 0.248. The van der Waals surface area contributed by atoms with Gasteiger partial charge in [-0.1, -0.05) is 62.8 Å². The minimum absolute atomic E-state index is 0.248. The average Bonchev–Trinajstić information content (AvgIpc) is 2.91. The molecular weight excluding hydrogens is 496 g/mol.